The lowest BCUT2D eigenvalue weighted by molar-refractivity contribution is 0.221. The SMILES string of the molecule is CC(N)C(c1cccc(Cl)c1)N(C)CCc1ccncc1. The molecular formula is C17H22ClN3. The molecule has 0 spiro atoms. The van der Waals surface area contributed by atoms with E-state index < -0.39 is 0 Å². The molecule has 1 heterocycles. The molecule has 0 saturated heterocycles. The second-order valence-electron chi connectivity index (χ2n) is 5.45. The van der Waals surface area contributed by atoms with Crippen molar-refractivity contribution in [1.29, 1.82) is 0 Å². The van der Waals surface area contributed by atoms with Crippen molar-refractivity contribution in [2.45, 2.75) is 25.4 Å². The normalized spacial score (nSPS) is 14.1. The summed E-state index contributed by atoms with van der Waals surface area (Å²) in [5.41, 5.74) is 8.64. The Labute approximate surface area is 131 Å². The molecule has 2 atom stereocenters. The van der Waals surface area contributed by atoms with Crippen LogP contribution in [0.15, 0.2) is 48.8 Å². The quantitative estimate of drug-likeness (QED) is 0.890. The van der Waals surface area contributed by atoms with Crippen LogP contribution in [0.3, 0.4) is 0 Å². The first-order valence-corrected chi connectivity index (χ1v) is 7.56. The van der Waals surface area contributed by atoms with Gasteiger partial charge in [-0.15, -0.1) is 0 Å². The van der Waals surface area contributed by atoms with Crippen molar-refractivity contribution >= 4 is 11.6 Å². The molecule has 2 unspecified atom stereocenters. The Kier molecular flexibility index (Phi) is 5.74. The molecule has 0 saturated carbocycles. The minimum Gasteiger partial charge on any atom is -0.326 e. The van der Waals surface area contributed by atoms with Crippen molar-refractivity contribution in [3.05, 3.63) is 64.9 Å². The van der Waals surface area contributed by atoms with Crippen LogP contribution in [0, 0.1) is 0 Å². The van der Waals surface area contributed by atoms with Gasteiger partial charge in [-0.2, -0.15) is 0 Å². The van der Waals surface area contributed by atoms with Gasteiger partial charge >= 0.3 is 0 Å². The lowest BCUT2D eigenvalue weighted by atomic mass is 9.99. The van der Waals surface area contributed by atoms with Gasteiger partial charge in [-0.3, -0.25) is 9.88 Å². The maximum absolute atomic E-state index is 6.19. The van der Waals surface area contributed by atoms with Crippen LogP contribution < -0.4 is 5.73 Å². The molecule has 112 valence electrons. The Morgan fingerprint density at radius 3 is 2.57 bits per heavy atom. The lowest BCUT2D eigenvalue weighted by Crippen LogP contribution is -2.38. The molecule has 3 nitrogen and oxygen atoms in total. The molecule has 4 heteroatoms. The average Bonchev–Trinajstić information content (AvgIpc) is 2.46. The van der Waals surface area contributed by atoms with Gasteiger partial charge in [0.2, 0.25) is 0 Å². The van der Waals surface area contributed by atoms with Gasteiger partial charge < -0.3 is 5.73 Å². The van der Waals surface area contributed by atoms with E-state index in [0.717, 1.165) is 23.6 Å². The number of benzene rings is 1. The monoisotopic (exact) mass is 303 g/mol. The summed E-state index contributed by atoms with van der Waals surface area (Å²) in [6.07, 6.45) is 4.63. The summed E-state index contributed by atoms with van der Waals surface area (Å²) in [7, 11) is 2.11. The molecule has 0 aliphatic heterocycles. The summed E-state index contributed by atoms with van der Waals surface area (Å²) < 4.78 is 0. The van der Waals surface area contributed by atoms with Gasteiger partial charge in [0, 0.05) is 36.0 Å². The minimum atomic E-state index is 0.0332. The van der Waals surface area contributed by atoms with E-state index >= 15 is 0 Å². The Bertz CT molecular complexity index is 557. The highest BCUT2D eigenvalue weighted by atomic mass is 35.5. The van der Waals surface area contributed by atoms with Gasteiger partial charge in [0.1, 0.15) is 0 Å². The van der Waals surface area contributed by atoms with Crippen LogP contribution in [0.1, 0.15) is 24.1 Å². The fraction of sp³-hybridized carbons (Fsp3) is 0.353. The van der Waals surface area contributed by atoms with Crippen molar-refractivity contribution < 1.29 is 0 Å². The van der Waals surface area contributed by atoms with Gasteiger partial charge in [-0.25, -0.2) is 0 Å². The van der Waals surface area contributed by atoms with Gasteiger partial charge in [-0.1, -0.05) is 23.7 Å². The van der Waals surface area contributed by atoms with Gasteiger partial charge in [-0.05, 0) is 55.8 Å². The topological polar surface area (TPSA) is 42.1 Å². The molecule has 2 rings (SSSR count). The van der Waals surface area contributed by atoms with Crippen LogP contribution in [-0.4, -0.2) is 29.5 Å². The number of hydrogen-bond donors (Lipinski definition) is 1. The van der Waals surface area contributed by atoms with Crippen molar-refractivity contribution in [3.8, 4) is 0 Å². The number of nitrogens with zero attached hydrogens (tertiary/aromatic N) is 2. The van der Waals surface area contributed by atoms with E-state index in [1.807, 2.05) is 49.6 Å². The summed E-state index contributed by atoms with van der Waals surface area (Å²) in [6.45, 7) is 2.97. The van der Waals surface area contributed by atoms with Gasteiger partial charge in [0.15, 0.2) is 0 Å². The Balaban J connectivity index is 2.07. The van der Waals surface area contributed by atoms with Crippen LogP contribution in [0.4, 0.5) is 0 Å². The third-order valence-electron chi connectivity index (χ3n) is 3.67. The summed E-state index contributed by atoms with van der Waals surface area (Å²) in [6, 6.07) is 12.2. The summed E-state index contributed by atoms with van der Waals surface area (Å²) in [5, 5.41) is 0.751. The van der Waals surface area contributed by atoms with Crippen molar-refractivity contribution in [2.75, 3.05) is 13.6 Å². The molecule has 0 aliphatic rings. The average molecular weight is 304 g/mol. The van der Waals surface area contributed by atoms with Crippen LogP contribution in [0.2, 0.25) is 5.02 Å². The largest absolute Gasteiger partial charge is 0.326 e. The van der Waals surface area contributed by atoms with Gasteiger partial charge in [0.05, 0.1) is 0 Å². The number of pyridine rings is 1. The minimum absolute atomic E-state index is 0.0332. The fourth-order valence-electron chi connectivity index (χ4n) is 2.64. The van der Waals surface area contributed by atoms with Crippen molar-refractivity contribution in [3.63, 3.8) is 0 Å². The highest BCUT2D eigenvalue weighted by Gasteiger charge is 2.21. The van der Waals surface area contributed by atoms with Gasteiger partial charge in [0.25, 0.3) is 0 Å². The number of hydrogen-bond acceptors (Lipinski definition) is 3. The van der Waals surface area contributed by atoms with E-state index in [1.165, 1.54) is 5.56 Å². The predicted octanol–water partition coefficient (Wildman–Crippen LogP) is 3.30. The van der Waals surface area contributed by atoms with Crippen LogP contribution >= 0.6 is 11.6 Å². The molecular weight excluding hydrogens is 282 g/mol. The zero-order valence-corrected chi connectivity index (χ0v) is 13.3. The summed E-state index contributed by atoms with van der Waals surface area (Å²) >= 11 is 6.10. The molecule has 0 aliphatic carbocycles. The standard InChI is InChI=1S/C17H22ClN3/c1-13(19)17(15-4-3-5-16(18)12-15)21(2)11-8-14-6-9-20-10-7-14/h3-7,9-10,12-13,17H,8,11,19H2,1-2H3. The molecule has 2 N–H and O–H groups in total. The zero-order chi connectivity index (χ0) is 15.2. The highest BCUT2D eigenvalue weighted by Crippen LogP contribution is 2.25. The molecule has 1 aromatic heterocycles. The number of nitrogens with two attached hydrogens (primary N) is 1. The first-order valence-electron chi connectivity index (χ1n) is 7.18. The maximum atomic E-state index is 6.19. The zero-order valence-electron chi connectivity index (χ0n) is 12.5. The highest BCUT2D eigenvalue weighted by molar-refractivity contribution is 6.30. The molecule has 0 bridgehead atoms. The third-order valence-corrected chi connectivity index (χ3v) is 3.90. The molecule has 0 radical (unpaired) electrons. The first kappa shape index (κ1) is 16.0. The van der Waals surface area contributed by atoms with E-state index in [-0.39, 0.29) is 12.1 Å². The number of likely N-dealkylation sites (N-methyl/N-ethyl adjacent to an activating group) is 1. The van der Waals surface area contributed by atoms with Crippen LogP contribution in [-0.2, 0) is 6.42 Å². The fourth-order valence-corrected chi connectivity index (χ4v) is 2.84. The van der Waals surface area contributed by atoms with E-state index in [0.29, 0.717) is 0 Å². The Morgan fingerprint density at radius 1 is 1.24 bits per heavy atom. The third kappa shape index (κ3) is 4.53. The summed E-state index contributed by atoms with van der Waals surface area (Å²) in [5.74, 6) is 0. The number of rotatable bonds is 6. The second kappa shape index (κ2) is 7.55. The van der Waals surface area contributed by atoms with Crippen molar-refractivity contribution in [1.82, 2.24) is 9.88 Å². The number of aromatic nitrogens is 1. The molecule has 1 aromatic carbocycles. The Hall–Kier alpha value is -1.42. The number of halogens is 1. The van der Waals surface area contributed by atoms with E-state index in [4.69, 9.17) is 17.3 Å². The molecule has 0 amide bonds. The smallest absolute Gasteiger partial charge is 0.0494 e. The van der Waals surface area contributed by atoms with E-state index in [1.54, 1.807) is 0 Å². The molecule has 21 heavy (non-hydrogen) atoms. The summed E-state index contributed by atoms with van der Waals surface area (Å²) in [4.78, 5) is 6.33. The molecule has 2 aromatic rings. The van der Waals surface area contributed by atoms with E-state index in [9.17, 15) is 0 Å². The molecule has 0 fully saturated rings. The Morgan fingerprint density at radius 2 is 1.95 bits per heavy atom. The first-order chi connectivity index (χ1) is 10.1. The van der Waals surface area contributed by atoms with Crippen LogP contribution in [0.25, 0.3) is 0 Å². The van der Waals surface area contributed by atoms with E-state index in [2.05, 4.69) is 23.0 Å². The predicted molar refractivity (Wildman–Crippen MR) is 88.4 cm³/mol. The maximum Gasteiger partial charge on any atom is 0.0494 e. The van der Waals surface area contributed by atoms with Crippen LogP contribution in [0.5, 0.6) is 0 Å². The lowest BCUT2D eigenvalue weighted by Gasteiger charge is -2.31. The second-order valence-corrected chi connectivity index (χ2v) is 5.88. The van der Waals surface area contributed by atoms with Crippen molar-refractivity contribution in [2.24, 2.45) is 5.73 Å².